The Morgan fingerprint density at radius 1 is 1.00 bits per heavy atom. The number of aromatic amines is 1. The lowest BCUT2D eigenvalue weighted by atomic mass is 10.1. The molecule has 0 aliphatic heterocycles. The van der Waals surface area contributed by atoms with Gasteiger partial charge in [-0.3, -0.25) is 9.89 Å². The molecule has 0 fully saturated rings. The van der Waals surface area contributed by atoms with Crippen LogP contribution in [0.25, 0.3) is 5.69 Å². The Hall–Kier alpha value is -2.75. The normalized spacial score (nSPS) is 10.7. The summed E-state index contributed by atoms with van der Waals surface area (Å²) in [5.74, 6) is 0. The van der Waals surface area contributed by atoms with Gasteiger partial charge >= 0.3 is 0 Å². The first-order chi connectivity index (χ1) is 11.1. The average Bonchev–Trinajstić information content (AvgIpc) is 2.84. The lowest BCUT2D eigenvalue weighted by molar-refractivity contribution is 0.834. The molecular formula is C19H21N3O. The molecule has 0 aliphatic carbocycles. The smallest absolute Gasteiger partial charge is 0.274 e. The molecule has 2 aromatic carbocycles. The fourth-order valence-electron chi connectivity index (χ4n) is 2.66. The highest BCUT2D eigenvalue weighted by Crippen LogP contribution is 2.16. The van der Waals surface area contributed by atoms with E-state index in [1.54, 1.807) is 4.68 Å². The van der Waals surface area contributed by atoms with Crippen LogP contribution in [0.1, 0.15) is 16.8 Å². The van der Waals surface area contributed by atoms with E-state index in [1.807, 2.05) is 51.4 Å². The minimum Gasteiger partial charge on any atom is -0.378 e. The zero-order valence-electron chi connectivity index (χ0n) is 13.7. The number of hydrogen-bond donors (Lipinski definition) is 1. The number of hydrogen-bond acceptors (Lipinski definition) is 2. The second-order valence-corrected chi connectivity index (χ2v) is 5.93. The second-order valence-electron chi connectivity index (χ2n) is 5.93. The molecule has 0 saturated heterocycles. The van der Waals surface area contributed by atoms with E-state index in [0.717, 1.165) is 28.2 Å². The summed E-state index contributed by atoms with van der Waals surface area (Å²) < 4.78 is 1.61. The number of nitrogens with one attached hydrogen (secondary N) is 1. The van der Waals surface area contributed by atoms with Crippen molar-refractivity contribution in [2.75, 3.05) is 19.0 Å². The zero-order chi connectivity index (χ0) is 16.4. The molecule has 0 spiro atoms. The number of H-pyrrole nitrogens is 1. The molecule has 0 saturated carbocycles. The molecule has 0 aliphatic rings. The molecule has 118 valence electrons. The Balaban J connectivity index is 1.92. The third kappa shape index (κ3) is 3.06. The fraction of sp³-hybridized carbons (Fsp3) is 0.211. The third-order valence-electron chi connectivity index (χ3n) is 4.04. The molecule has 3 rings (SSSR count). The van der Waals surface area contributed by atoms with Crippen LogP contribution in [0.15, 0.2) is 59.4 Å². The maximum atomic E-state index is 12.7. The monoisotopic (exact) mass is 307 g/mol. The summed E-state index contributed by atoms with van der Waals surface area (Å²) >= 11 is 0. The number of rotatable bonds is 4. The lowest BCUT2D eigenvalue weighted by Gasteiger charge is -2.12. The van der Waals surface area contributed by atoms with Gasteiger partial charge < -0.3 is 4.90 Å². The fourth-order valence-corrected chi connectivity index (χ4v) is 2.66. The first-order valence-corrected chi connectivity index (χ1v) is 7.68. The minimum atomic E-state index is 0.0189. The highest BCUT2D eigenvalue weighted by molar-refractivity contribution is 5.47. The van der Waals surface area contributed by atoms with Crippen LogP contribution in [0.5, 0.6) is 0 Å². The first kappa shape index (κ1) is 15.2. The van der Waals surface area contributed by atoms with Gasteiger partial charge in [0.2, 0.25) is 0 Å². The van der Waals surface area contributed by atoms with Gasteiger partial charge in [0.25, 0.3) is 5.56 Å². The molecule has 1 heterocycles. The number of anilines is 1. The summed E-state index contributed by atoms with van der Waals surface area (Å²) in [6, 6.07) is 18.0. The van der Waals surface area contributed by atoms with Crippen molar-refractivity contribution in [3.05, 3.63) is 81.8 Å². The number of aryl methyl sites for hydroxylation is 1. The van der Waals surface area contributed by atoms with Crippen LogP contribution < -0.4 is 10.5 Å². The molecule has 0 unspecified atom stereocenters. The molecule has 0 bridgehead atoms. The standard InChI is InChI=1S/C19H21N3O/c1-14-18(13-15-9-11-16(12-10-15)21(2)3)19(23)22(20-14)17-7-5-4-6-8-17/h4-12,20H,13H2,1-3H3. The summed E-state index contributed by atoms with van der Waals surface area (Å²) in [7, 11) is 4.04. The SMILES string of the molecule is Cc1[nH]n(-c2ccccc2)c(=O)c1Cc1ccc(N(C)C)cc1. The topological polar surface area (TPSA) is 41.0 Å². The average molecular weight is 307 g/mol. The van der Waals surface area contributed by atoms with E-state index < -0.39 is 0 Å². The third-order valence-corrected chi connectivity index (χ3v) is 4.04. The molecule has 3 aromatic rings. The van der Waals surface area contributed by atoms with Gasteiger partial charge in [0, 0.05) is 37.5 Å². The van der Waals surface area contributed by atoms with E-state index in [1.165, 1.54) is 0 Å². The summed E-state index contributed by atoms with van der Waals surface area (Å²) in [5.41, 5.74) is 4.89. The quantitative estimate of drug-likeness (QED) is 0.804. The van der Waals surface area contributed by atoms with E-state index in [2.05, 4.69) is 34.3 Å². The predicted molar refractivity (Wildman–Crippen MR) is 94.7 cm³/mol. The van der Waals surface area contributed by atoms with Crippen molar-refractivity contribution >= 4 is 5.69 Å². The second kappa shape index (κ2) is 6.16. The van der Waals surface area contributed by atoms with Gasteiger partial charge in [-0.25, -0.2) is 4.68 Å². The molecule has 4 nitrogen and oxygen atoms in total. The van der Waals surface area contributed by atoms with E-state index in [-0.39, 0.29) is 5.56 Å². The molecule has 23 heavy (non-hydrogen) atoms. The van der Waals surface area contributed by atoms with Crippen LogP contribution in [-0.4, -0.2) is 23.9 Å². The highest BCUT2D eigenvalue weighted by atomic mass is 16.1. The summed E-state index contributed by atoms with van der Waals surface area (Å²) in [6.07, 6.45) is 0.634. The van der Waals surface area contributed by atoms with Crippen LogP contribution in [0.3, 0.4) is 0 Å². The van der Waals surface area contributed by atoms with Crippen molar-refractivity contribution in [2.24, 2.45) is 0 Å². The van der Waals surface area contributed by atoms with Gasteiger partial charge in [0.1, 0.15) is 0 Å². The highest BCUT2D eigenvalue weighted by Gasteiger charge is 2.12. The summed E-state index contributed by atoms with van der Waals surface area (Å²) in [4.78, 5) is 14.8. The Morgan fingerprint density at radius 2 is 1.65 bits per heavy atom. The Kier molecular flexibility index (Phi) is 4.06. The molecular weight excluding hydrogens is 286 g/mol. The minimum absolute atomic E-state index is 0.0189. The van der Waals surface area contributed by atoms with Crippen LogP contribution in [0.4, 0.5) is 5.69 Å². The zero-order valence-corrected chi connectivity index (χ0v) is 13.7. The first-order valence-electron chi connectivity index (χ1n) is 7.68. The van der Waals surface area contributed by atoms with Gasteiger partial charge in [0.15, 0.2) is 0 Å². The van der Waals surface area contributed by atoms with Crippen LogP contribution in [0, 0.1) is 6.92 Å². The van der Waals surface area contributed by atoms with Gasteiger partial charge in [0.05, 0.1) is 5.69 Å². The number of benzene rings is 2. The summed E-state index contributed by atoms with van der Waals surface area (Å²) in [5, 5.41) is 3.18. The van der Waals surface area contributed by atoms with E-state index in [9.17, 15) is 4.79 Å². The largest absolute Gasteiger partial charge is 0.378 e. The summed E-state index contributed by atoms with van der Waals surface area (Å²) in [6.45, 7) is 1.95. The number of aromatic nitrogens is 2. The van der Waals surface area contributed by atoms with Crippen molar-refractivity contribution in [3.63, 3.8) is 0 Å². The van der Waals surface area contributed by atoms with E-state index in [4.69, 9.17) is 0 Å². The van der Waals surface area contributed by atoms with Crippen LogP contribution in [-0.2, 0) is 6.42 Å². The van der Waals surface area contributed by atoms with Gasteiger partial charge in [-0.15, -0.1) is 0 Å². The van der Waals surface area contributed by atoms with Crippen LogP contribution >= 0.6 is 0 Å². The maximum absolute atomic E-state index is 12.7. The Labute approximate surface area is 136 Å². The predicted octanol–water partition coefficient (Wildman–Crippen LogP) is 3.13. The number of nitrogens with zero attached hydrogens (tertiary/aromatic N) is 2. The van der Waals surface area contributed by atoms with E-state index >= 15 is 0 Å². The van der Waals surface area contributed by atoms with Crippen molar-refractivity contribution in [2.45, 2.75) is 13.3 Å². The van der Waals surface area contributed by atoms with Crippen molar-refractivity contribution in [3.8, 4) is 5.69 Å². The lowest BCUT2D eigenvalue weighted by Crippen LogP contribution is -2.17. The van der Waals surface area contributed by atoms with Gasteiger partial charge in [-0.1, -0.05) is 30.3 Å². The van der Waals surface area contributed by atoms with Crippen molar-refractivity contribution in [1.29, 1.82) is 0 Å². The molecule has 0 radical (unpaired) electrons. The molecule has 1 aromatic heterocycles. The van der Waals surface area contributed by atoms with Crippen LogP contribution in [0.2, 0.25) is 0 Å². The molecule has 4 heteroatoms. The molecule has 0 amide bonds. The van der Waals surface area contributed by atoms with Gasteiger partial charge in [-0.05, 0) is 36.8 Å². The van der Waals surface area contributed by atoms with Crippen molar-refractivity contribution < 1.29 is 0 Å². The molecule has 1 N–H and O–H groups in total. The number of para-hydroxylation sites is 1. The Morgan fingerprint density at radius 3 is 2.26 bits per heavy atom. The Bertz CT molecular complexity index is 843. The van der Waals surface area contributed by atoms with E-state index in [0.29, 0.717) is 6.42 Å². The van der Waals surface area contributed by atoms with Gasteiger partial charge in [-0.2, -0.15) is 0 Å². The van der Waals surface area contributed by atoms with Crippen molar-refractivity contribution in [1.82, 2.24) is 9.78 Å². The maximum Gasteiger partial charge on any atom is 0.274 e. The molecule has 0 atom stereocenters.